The molecule has 0 aromatic carbocycles. The van der Waals surface area contributed by atoms with Gasteiger partial charge in [-0.05, 0) is 19.8 Å². The summed E-state index contributed by atoms with van der Waals surface area (Å²) in [5, 5.41) is 17.7. The summed E-state index contributed by atoms with van der Waals surface area (Å²) in [7, 11) is 0. The molecule has 1 N–H and O–H groups in total. The molecule has 0 saturated heterocycles. The number of nitrogens with zero attached hydrogens (tertiary/aromatic N) is 3. The van der Waals surface area contributed by atoms with Crippen molar-refractivity contribution in [2.45, 2.75) is 52.7 Å². The first-order chi connectivity index (χ1) is 6.97. The Bertz CT molecular complexity index is 297. The Morgan fingerprint density at radius 2 is 2.00 bits per heavy atom. The molecule has 1 heterocycles. The second-order valence-corrected chi connectivity index (χ2v) is 4.57. The summed E-state index contributed by atoms with van der Waals surface area (Å²) in [5.41, 5.74) is -0.264. The molecule has 0 fully saturated rings. The van der Waals surface area contributed by atoms with Gasteiger partial charge in [0.1, 0.15) is 11.3 Å². The maximum atomic E-state index is 9.73. The van der Waals surface area contributed by atoms with Gasteiger partial charge in [-0.2, -0.15) is 0 Å². The molecule has 15 heavy (non-hydrogen) atoms. The van der Waals surface area contributed by atoms with Crippen LogP contribution in [0.1, 0.15) is 46.2 Å². The molecule has 0 atom stereocenters. The normalized spacial score (nSPS) is 12.4. The fourth-order valence-corrected chi connectivity index (χ4v) is 1.48. The highest BCUT2D eigenvalue weighted by molar-refractivity contribution is 5.02. The highest BCUT2D eigenvalue weighted by Gasteiger charge is 2.20. The van der Waals surface area contributed by atoms with Crippen LogP contribution in [-0.2, 0) is 12.1 Å². The monoisotopic (exact) mass is 211 g/mol. The molecule has 4 nitrogen and oxygen atoms in total. The zero-order chi connectivity index (χ0) is 11.5. The van der Waals surface area contributed by atoms with Crippen LogP contribution in [0.3, 0.4) is 0 Å². The summed E-state index contributed by atoms with van der Waals surface area (Å²) in [6.07, 6.45) is 4.13. The first kappa shape index (κ1) is 12.2. The average molecular weight is 211 g/mol. The largest absolute Gasteiger partial charge is 0.384 e. The molecule has 0 amide bonds. The topological polar surface area (TPSA) is 50.9 Å². The third-order valence-corrected chi connectivity index (χ3v) is 2.77. The fraction of sp³-hybridized carbons (Fsp3) is 0.818. The minimum atomic E-state index is -0.897. The van der Waals surface area contributed by atoms with E-state index in [0.717, 1.165) is 19.4 Å². The Morgan fingerprint density at radius 3 is 2.40 bits per heavy atom. The predicted molar refractivity (Wildman–Crippen MR) is 59.3 cm³/mol. The molecule has 0 radical (unpaired) electrons. The van der Waals surface area contributed by atoms with Gasteiger partial charge in [0.15, 0.2) is 0 Å². The van der Waals surface area contributed by atoms with Gasteiger partial charge in [-0.25, -0.2) is 0 Å². The third kappa shape index (κ3) is 3.30. The molecule has 0 spiro atoms. The van der Waals surface area contributed by atoms with Crippen LogP contribution in [-0.4, -0.2) is 20.1 Å². The van der Waals surface area contributed by atoms with Crippen molar-refractivity contribution in [1.82, 2.24) is 15.0 Å². The molecule has 4 heteroatoms. The van der Waals surface area contributed by atoms with Gasteiger partial charge >= 0.3 is 0 Å². The maximum Gasteiger partial charge on any atom is 0.114 e. The van der Waals surface area contributed by atoms with E-state index in [1.165, 1.54) is 0 Å². The van der Waals surface area contributed by atoms with E-state index in [9.17, 15) is 5.11 Å². The molecule has 0 aliphatic carbocycles. The Labute approximate surface area is 91.3 Å². The SMILES string of the molecule is CCC(CC)Cn1cc(C(C)(C)O)nn1. The molecule has 1 rings (SSSR count). The highest BCUT2D eigenvalue weighted by atomic mass is 16.3. The lowest BCUT2D eigenvalue weighted by atomic mass is 10.0. The Kier molecular flexibility index (Phi) is 3.85. The third-order valence-electron chi connectivity index (χ3n) is 2.77. The first-order valence-electron chi connectivity index (χ1n) is 5.60. The van der Waals surface area contributed by atoms with Crippen molar-refractivity contribution < 1.29 is 5.11 Å². The van der Waals surface area contributed by atoms with Crippen LogP contribution in [0.25, 0.3) is 0 Å². The molecular weight excluding hydrogens is 190 g/mol. The van der Waals surface area contributed by atoms with Crippen LogP contribution < -0.4 is 0 Å². The van der Waals surface area contributed by atoms with Gasteiger partial charge in [-0.3, -0.25) is 4.68 Å². The summed E-state index contributed by atoms with van der Waals surface area (Å²) in [6.45, 7) is 8.69. The van der Waals surface area contributed by atoms with Gasteiger partial charge in [-0.15, -0.1) is 5.10 Å². The van der Waals surface area contributed by atoms with Crippen LogP contribution in [0.4, 0.5) is 0 Å². The van der Waals surface area contributed by atoms with Crippen molar-refractivity contribution in [2.75, 3.05) is 0 Å². The Hall–Kier alpha value is -0.900. The summed E-state index contributed by atoms with van der Waals surface area (Å²) in [6, 6.07) is 0. The van der Waals surface area contributed by atoms with E-state index in [1.54, 1.807) is 13.8 Å². The number of hydrogen-bond donors (Lipinski definition) is 1. The summed E-state index contributed by atoms with van der Waals surface area (Å²) >= 11 is 0. The van der Waals surface area contributed by atoms with Gasteiger partial charge in [-0.1, -0.05) is 31.9 Å². The van der Waals surface area contributed by atoms with Crippen molar-refractivity contribution in [3.05, 3.63) is 11.9 Å². The molecule has 0 aliphatic rings. The lowest BCUT2D eigenvalue weighted by Crippen LogP contribution is -2.16. The van der Waals surface area contributed by atoms with E-state index in [2.05, 4.69) is 24.2 Å². The summed E-state index contributed by atoms with van der Waals surface area (Å²) in [4.78, 5) is 0. The molecule has 0 unspecified atom stereocenters. The summed E-state index contributed by atoms with van der Waals surface area (Å²) < 4.78 is 1.82. The standard InChI is InChI=1S/C11H21N3O/c1-5-9(6-2)7-14-8-10(12-13-14)11(3,4)15/h8-9,15H,5-7H2,1-4H3. The van der Waals surface area contributed by atoms with Gasteiger partial charge < -0.3 is 5.11 Å². The van der Waals surface area contributed by atoms with Gasteiger partial charge in [0.25, 0.3) is 0 Å². The maximum absolute atomic E-state index is 9.73. The quantitative estimate of drug-likeness (QED) is 0.809. The van der Waals surface area contributed by atoms with Crippen LogP contribution in [0, 0.1) is 5.92 Å². The highest BCUT2D eigenvalue weighted by Crippen LogP contribution is 2.17. The van der Waals surface area contributed by atoms with Gasteiger partial charge in [0.05, 0.1) is 6.20 Å². The number of rotatable bonds is 5. The predicted octanol–water partition coefficient (Wildman–Crippen LogP) is 1.94. The zero-order valence-corrected chi connectivity index (χ0v) is 10.1. The minimum absolute atomic E-state index is 0.633. The van der Waals surface area contributed by atoms with Crippen LogP contribution >= 0.6 is 0 Å². The fourth-order valence-electron chi connectivity index (χ4n) is 1.48. The van der Waals surface area contributed by atoms with E-state index < -0.39 is 5.60 Å². The molecular formula is C11H21N3O. The number of hydrogen-bond acceptors (Lipinski definition) is 3. The lowest BCUT2D eigenvalue weighted by molar-refractivity contribution is 0.0737. The van der Waals surface area contributed by atoms with Crippen molar-refractivity contribution >= 4 is 0 Å². The van der Waals surface area contributed by atoms with Crippen LogP contribution in [0.2, 0.25) is 0 Å². The minimum Gasteiger partial charge on any atom is -0.384 e. The van der Waals surface area contributed by atoms with E-state index >= 15 is 0 Å². The molecule has 0 aliphatic heterocycles. The van der Waals surface area contributed by atoms with Crippen molar-refractivity contribution in [1.29, 1.82) is 0 Å². The molecule has 0 bridgehead atoms. The van der Waals surface area contributed by atoms with Gasteiger partial charge in [0.2, 0.25) is 0 Å². The molecule has 86 valence electrons. The Morgan fingerprint density at radius 1 is 1.40 bits per heavy atom. The average Bonchev–Trinajstić information content (AvgIpc) is 2.61. The first-order valence-corrected chi connectivity index (χ1v) is 5.60. The van der Waals surface area contributed by atoms with E-state index in [4.69, 9.17) is 0 Å². The van der Waals surface area contributed by atoms with Crippen molar-refractivity contribution in [3.63, 3.8) is 0 Å². The van der Waals surface area contributed by atoms with E-state index in [-0.39, 0.29) is 0 Å². The second kappa shape index (κ2) is 4.75. The zero-order valence-electron chi connectivity index (χ0n) is 10.1. The molecule has 0 saturated carbocycles. The van der Waals surface area contributed by atoms with E-state index in [0.29, 0.717) is 11.6 Å². The summed E-state index contributed by atoms with van der Waals surface area (Å²) in [5.74, 6) is 0.640. The number of aromatic nitrogens is 3. The molecule has 1 aromatic heterocycles. The van der Waals surface area contributed by atoms with Crippen LogP contribution in [0.15, 0.2) is 6.20 Å². The lowest BCUT2D eigenvalue weighted by Gasteiger charge is -2.13. The van der Waals surface area contributed by atoms with E-state index in [1.807, 2.05) is 10.9 Å². The van der Waals surface area contributed by atoms with Crippen LogP contribution in [0.5, 0.6) is 0 Å². The Balaban J connectivity index is 2.68. The number of aliphatic hydroxyl groups is 1. The van der Waals surface area contributed by atoms with Crippen molar-refractivity contribution in [3.8, 4) is 0 Å². The van der Waals surface area contributed by atoms with Gasteiger partial charge in [0, 0.05) is 6.54 Å². The molecule has 1 aromatic rings. The second-order valence-electron chi connectivity index (χ2n) is 4.57. The smallest absolute Gasteiger partial charge is 0.114 e. The van der Waals surface area contributed by atoms with Crippen molar-refractivity contribution in [2.24, 2.45) is 5.92 Å².